The summed E-state index contributed by atoms with van der Waals surface area (Å²) in [5.41, 5.74) is 0.617. The van der Waals surface area contributed by atoms with Gasteiger partial charge in [0.1, 0.15) is 0 Å². The Morgan fingerprint density at radius 3 is 2.57 bits per heavy atom. The van der Waals surface area contributed by atoms with Gasteiger partial charge in [0.05, 0.1) is 5.92 Å². The highest BCUT2D eigenvalue weighted by Gasteiger charge is 2.19. The van der Waals surface area contributed by atoms with Crippen LogP contribution in [0, 0.1) is 0 Å². The monoisotopic (exact) mass is 232 g/mol. The summed E-state index contributed by atoms with van der Waals surface area (Å²) in [4.78, 5) is 10.9. The number of hydrogen-bond donors (Lipinski definition) is 1. The molecule has 0 saturated heterocycles. The minimum absolute atomic E-state index is 0.409. The third-order valence-corrected chi connectivity index (χ3v) is 2.61. The second-order valence-corrected chi connectivity index (χ2v) is 3.81. The van der Waals surface area contributed by atoms with E-state index in [4.69, 9.17) is 28.3 Å². The summed E-state index contributed by atoms with van der Waals surface area (Å²) < 4.78 is 0. The minimum atomic E-state index is -0.864. The van der Waals surface area contributed by atoms with Crippen molar-refractivity contribution in [1.29, 1.82) is 0 Å². The largest absolute Gasteiger partial charge is 0.481 e. The third kappa shape index (κ3) is 2.40. The summed E-state index contributed by atoms with van der Waals surface area (Å²) in [5.74, 6) is -1.42. The van der Waals surface area contributed by atoms with E-state index in [1.54, 1.807) is 18.2 Å². The Balaban J connectivity index is 3.10. The summed E-state index contributed by atoms with van der Waals surface area (Å²) in [6, 6.07) is 4.87. The molecule has 0 amide bonds. The summed E-state index contributed by atoms with van der Waals surface area (Å²) in [5, 5.41) is 9.85. The quantitative estimate of drug-likeness (QED) is 0.866. The molecule has 1 N–H and O–H groups in total. The van der Waals surface area contributed by atoms with Crippen molar-refractivity contribution in [3.63, 3.8) is 0 Å². The van der Waals surface area contributed by atoms with Crippen LogP contribution in [0.15, 0.2) is 18.2 Å². The van der Waals surface area contributed by atoms with Crippen molar-refractivity contribution in [3.05, 3.63) is 33.8 Å². The topological polar surface area (TPSA) is 37.3 Å². The van der Waals surface area contributed by atoms with Crippen LogP contribution < -0.4 is 0 Å². The lowest BCUT2D eigenvalue weighted by molar-refractivity contribution is -0.138. The van der Waals surface area contributed by atoms with Crippen LogP contribution in [-0.4, -0.2) is 11.1 Å². The van der Waals surface area contributed by atoms with E-state index in [2.05, 4.69) is 0 Å². The number of halogens is 2. The molecular formula is C10H10Cl2O2. The van der Waals surface area contributed by atoms with E-state index in [-0.39, 0.29) is 0 Å². The summed E-state index contributed by atoms with van der Waals surface area (Å²) in [6.45, 7) is 1.81. The summed E-state index contributed by atoms with van der Waals surface area (Å²) in [7, 11) is 0. The molecule has 2 nitrogen and oxygen atoms in total. The number of rotatable bonds is 3. The van der Waals surface area contributed by atoms with Gasteiger partial charge in [0.25, 0.3) is 0 Å². The molecule has 1 unspecified atom stereocenters. The molecule has 0 radical (unpaired) electrons. The highest BCUT2D eigenvalue weighted by Crippen LogP contribution is 2.29. The van der Waals surface area contributed by atoms with E-state index in [9.17, 15) is 4.79 Å². The molecule has 0 aliphatic heterocycles. The zero-order valence-electron chi connectivity index (χ0n) is 7.63. The summed E-state index contributed by atoms with van der Waals surface area (Å²) >= 11 is 11.6. The number of hydrogen-bond acceptors (Lipinski definition) is 1. The van der Waals surface area contributed by atoms with Crippen LogP contribution >= 0.6 is 23.2 Å². The lowest BCUT2D eigenvalue weighted by atomic mass is 9.97. The van der Waals surface area contributed by atoms with Gasteiger partial charge in [-0.15, -0.1) is 0 Å². The number of carboxylic acid groups (broad SMARTS) is 1. The summed E-state index contributed by atoms with van der Waals surface area (Å²) in [6.07, 6.45) is 0.511. The molecule has 0 fully saturated rings. The van der Waals surface area contributed by atoms with Gasteiger partial charge >= 0.3 is 5.97 Å². The molecule has 0 bridgehead atoms. The van der Waals surface area contributed by atoms with Gasteiger partial charge in [-0.25, -0.2) is 0 Å². The van der Waals surface area contributed by atoms with Gasteiger partial charge < -0.3 is 5.11 Å². The molecule has 4 heteroatoms. The first kappa shape index (κ1) is 11.3. The Bertz CT molecular complexity index is 350. The number of carbonyl (C=O) groups is 1. The van der Waals surface area contributed by atoms with Gasteiger partial charge in [0.15, 0.2) is 0 Å². The zero-order chi connectivity index (χ0) is 10.7. The van der Waals surface area contributed by atoms with Crippen LogP contribution in [0.2, 0.25) is 10.0 Å². The van der Waals surface area contributed by atoms with E-state index in [1.807, 2.05) is 6.92 Å². The van der Waals surface area contributed by atoms with Gasteiger partial charge in [-0.05, 0) is 24.1 Å². The normalized spacial score (nSPS) is 12.5. The number of carboxylic acids is 1. The van der Waals surface area contributed by atoms with Crippen LogP contribution in [0.5, 0.6) is 0 Å². The van der Waals surface area contributed by atoms with Crippen LogP contribution in [0.4, 0.5) is 0 Å². The van der Waals surface area contributed by atoms with E-state index < -0.39 is 11.9 Å². The fourth-order valence-corrected chi connectivity index (χ4v) is 1.85. The van der Waals surface area contributed by atoms with Crippen LogP contribution in [0.1, 0.15) is 24.8 Å². The van der Waals surface area contributed by atoms with Crippen molar-refractivity contribution in [1.82, 2.24) is 0 Å². The van der Waals surface area contributed by atoms with Crippen molar-refractivity contribution in [2.24, 2.45) is 0 Å². The smallest absolute Gasteiger partial charge is 0.311 e. The Labute approximate surface area is 92.5 Å². The Morgan fingerprint density at radius 1 is 1.50 bits per heavy atom. The molecular weight excluding hydrogens is 223 g/mol. The van der Waals surface area contributed by atoms with Crippen molar-refractivity contribution < 1.29 is 9.90 Å². The Hall–Kier alpha value is -0.730. The molecule has 1 atom stereocenters. The predicted octanol–water partition coefficient (Wildman–Crippen LogP) is 3.57. The van der Waals surface area contributed by atoms with Gasteiger partial charge in [-0.3, -0.25) is 4.79 Å². The van der Waals surface area contributed by atoms with Crippen LogP contribution in [-0.2, 0) is 4.79 Å². The lowest BCUT2D eigenvalue weighted by Gasteiger charge is -2.11. The lowest BCUT2D eigenvalue weighted by Crippen LogP contribution is -2.10. The maximum atomic E-state index is 10.9. The van der Waals surface area contributed by atoms with Crippen molar-refractivity contribution in [2.45, 2.75) is 19.3 Å². The molecule has 0 heterocycles. The SMILES string of the molecule is CCC(C(=O)O)c1ccc(Cl)cc1Cl. The van der Waals surface area contributed by atoms with E-state index >= 15 is 0 Å². The standard InChI is InChI=1S/C10H10Cl2O2/c1-2-7(10(13)14)8-4-3-6(11)5-9(8)12/h3-5,7H,2H2,1H3,(H,13,14). The van der Waals surface area contributed by atoms with E-state index in [1.165, 1.54) is 0 Å². The zero-order valence-corrected chi connectivity index (χ0v) is 9.14. The van der Waals surface area contributed by atoms with Crippen LogP contribution in [0.25, 0.3) is 0 Å². The van der Waals surface area contributed by atoms with Crippen molar-refractivity contribution in [2.75, 3.05) is 0 Å². The molecule has 1 aromatic rings. The molecule has 1 aromatic carbocycles. The molecule has 1 rings (SSSR count). The second kappa shape index (κ2) is 4.67. The van der Waals surface area contributed by atoms with Crippen LogP contribution in [0.3, 0.4) is 0 Å². The highest BCUT2D eigenvalue weighted by atomic mass is 35.5. The predicted molar refractivity (Wildman–Crippen MR) is 57.1 cm³/mol. The maximum Gasteiger partial charge on any atom is 0.311 e. The fourth-order valence-electron chi connectivity index (χ4n) is 1.31. The maximum absolute atomic E-state index is 10.9. The Kier molecular flexibility index (Phi) is 3.78. The molecule has 76 valence electrons. The molecule has 14 heavy (non-hydrogen) atoms. The fraction of sp³-hybridized carbons (Fsp3) is 0.300. The third-order valence-electron chi connectivity index (χ3n) is 2.04. The minimum Gasteiger partial charge on any atom is -0.481 e. The van der Waals surface area contributed by atoms with Crippen molar-refractivity contribution >= 4 is 29.2 Å². The average Bonchev–Trinajstić information content (AvgIpc) is 2.09. The Morgan fingerprint density at radius 2 is 2.14 bits per heavy atom. The van der Waals surface area contributed by atoms with Crippen molar-refractivity contribution in [3.8, 4) is 0 Å². The average molecular weight is 233 g/mol. The van der Waals surface area contributed by atoms with E-state index in [0.29, 0.717) is 22.0 Å². The first-order valence-electron chi connectivity index (χ1n) is 4.24. The van der Waals surface area contributed by atoms with Gasteiger partial charge in [0.2, 0.25) is 0 Å². The highest BCUT2D eigenvalue weighted by molar-refractivity contribution is 6.35. The second-order valence-electron chi connectivity index (χ2n) is 2.96. The molecule has 0 spiro atoms. The first-order chi connectivity index (χ1) is 6.56. The molecule has 0 aliphatic rings. The number of aliphatic carboxylic acids is 1. The first-order valence-corrected chi connectivity index (χ1v) is 4.99. The van der Waals surface area contributed by atoms with Gasteiger partial charge in [-0.2, -0.15) is 0 Å². The van der Waals surface area contributed by atoms with Gasteiger partial charge in [-0.1, -0.05) is 36.2 Å². The molecule has 0 aromatic heterocycles. The molecule has 0 aliphatic carbocycles. The number of benzene rings is 1. The van der Waals surface area contributed by atoms with E-state index in [0.717, 1.165) is 0 Å². The van der Waals surface area contributed by atoms with Gasteiger partial charge in [0, 0.05) is 10.0 Å². The molecule has 0 saturated carbocycles.